The van der Waals surface area contributed by atoms with Gasteiger partial charge in [-0.15, -0.1) is 0 Å². The molecule has 22 heavy (non-hydrogen) atoms. The zero-order valence-corrected chi connectivity index (χ0v) is 14.3. The van der Waals surface area contributed by atoms with Crippen LogP contribution in [0.4, 0.5) is 0 Å². The highest BCUT2D eigenvalue weighted by molar-refractivity contribution is 7.80. The Morgan fingerprint density at radius 1 is 1.27 bits per heavy atom. The first-order valence-corrected chi connectivity index (χ1v) is 8.82. The van der Waals surface area contributed by atoms with Crippen LogP contribution in [-0.2, 0) is 11.2 Å². The van der Waals surface area contributed by atoms with Gasteiger partial charge in [-0.05, 0) is 44.3 Å². The minimum absolute atomic E-state index is 0.176. The number of benzene rings is 1. The summed E-state index contributed by atoms with van der Waals surface area (Å²) >= 11 is 4.52. The summed E-state index contributed by atoms with van der Waals surface area (Å²) in [5.41, 5.74) is 7.27. The van der Waals surface area contributed by atoms with Crippen LogP contribution in [-0.4, -0.2) is 41.1 Å². The molecule has 0 bridgehead atoms. The van der Waals surface area contributed by atoms with Gasteiger partial charge >= 0.3 is 0 Å². The molecule has 2 N–H and O–H groups in total. The Hall–Kier alpha value is -0.840. The van der Waals surface area contributed by atoms with Crippen LogP contribution in [0.5, 0.6) is 0 Å². The third-order valence-electron chi connectivity index (χ3n) is 4.42. The number of nitrogens with two attached hydrogens (primary N) is 1. The van der Waals surface area contributed by atoms with Crippen LogP contribution in [0.3, 0.4) is 0 Å². The molecule has 3 nitrogen and oxygen atoms in total. The van der Waals surface area contributed by atoms with Gasteiger partial charge < -0.3 is 5.73 Å². The van der Waals surface area contributed by atoms with E-state index in [4.69, 9.17) is 5.73 Å². The zero-order valence-electron chi connectivity index (χ0n) is 13.4. The van der Waals surface area contributed by atoms with Crippen molar-refractivity contribution in [1.82, 2.24) is 4.90 Å². The van der Waals surface area contributed by atoms with E-state index in [1.165, 1.54) is 12.8 Å². The van der Waals surface area contributed by atoms with Gasteiger partial charge in [-0.3, -0.25) is 9.69 Å². The second-order valence-electron chi connectivity index (χ2n) is 6.45. The number of hydrogen-bond donors (Lipinski definition) is 2. The van der Waals surface area contributed by atoms with E-state index in [1.807, 2.05) is 30.3 Å². The van der Waals surface area contributed by atoms with Crippen molar-refractivity contribution in [3.8, 4) is 0 Å². The highest BCUT2D eigenvalue weighted by Gasteiger charge is 2.27. The number of likely N-dealkylation sites (tertiary alicyclic amines) is 1. The SMILES string of the molecule is CC(S)CC(CC(=O)C(N)Cc1ccccc1)N1CCCC1. The van der Waals surface area contributed by atoms with E-state index in [1.54, 1.807) is 0 Å². The van der Waals surface area contributed by atoms with Gasteiger partial charge in [0.25, 0.3) is 0 Å². The Morgan fingerprint density at radius 3 is 2.50 bits per heavy atom. The van der Waals surface area contributed by atoms with Crippen molar-refractivity contribution in [2.45, 2.75) is 56.4 Å². The second-order valence-corrected chi connectivity index (χ2v) is 7.33. The summed E-state index contributed by atoms with van der Waals surface area (Å²) in [6, 6.07) is 9.91. The summed E-state index contributed by atoms with van der Waals surface area (Å²) in [5, 5.41) is 0.309. The van der Waals surface area contributed by atoms with Gasteiger partial charge in [0.1, 0.15) is 0 Å². The van der Waals surface area contributed by atoms with Crippen LogP contribution < -0.4 is 5.73 Å². The van der Waals surface area contributed by atoms with Gasteiger partial charge in [0, 0.05) is 17.7 Å². The van der Waals surface area contributed by atoms with Crippen molar-refractivity contribution >= 4 is 18.4 Å². The molecule has 2 rings (SSSR count). The number of rotatable bonds is 8. The summed E-state index contributed by atoms with van der Waals surface area (Å²) in [6.07, 6.45) is 4.61. The van der Waals surface area contributed by atoms with Gasteiger partial charge in [0.15, 0.2) is 5.78 Å². The third kappa shape index (κ3) is 5.41. The van der Waals surface area contributed by atoms with Crippen LogP contribution >= 0.6 is 12.6 Å². The van der Waals surface area contributed by atoms with Crippen molar-refractivity contribution in [2.75, 3.05) is 13.1 Å². The van der Waals surface area contributed by atoms with E-state index in [0.29, 0.717) is 24.1 Å². The molecule has 0 aliphatic carbocycles. The number of thiol groups is 1. The van der Waals surface area contributed by atoms with E-state index in [2.05, 4.69) is 24.5 Å². The summed E-state index contributed by atoms with van der Waals surface area (Å²) in [6.45, 7) is 4.30. The number of nitrogens with zero attached hydrogens (tertiary/aromatic N) is 1. The van der Waals surface area contributed by atoms with E-state index in [-0.39, 0.29) is 5.78 Å². The van der Waals surface area contributed by atoms with Crippen LogP contribution in [0.25, 0.3) is 0 Å². The quantitative estimate of drug-likeness (QED) is 0.724. The van der Waals surface area contributed by atoms with Crippen molar-refractivity contribution in [2.24, 2.45) is 5.73 Å². The van der Waals surface area contributed by atoms with Gasteiger partial charge in [-0.1, -0.05) is 37.3 Å². The lowest BCUT2D eigenvalue weighted by atomic mass is 9.96. The molecular weight excluding hydrogens is 292 g/mol. The zero-order chi connectivity index (χ0) is 15.9. The molecule has 0 amide bonds. The molecule has 4 heteroatoms. The van der Waals surface area contributed by atoms with Crippen molar-refractivity contribution < 1.29 is 4.79 Å². The standard InChI is InChI=1S/C18H28N2OS/c1-14(22)11-16(20-9-5-6-10-20)13-18(21)17(19)12-15-7-3-2-4-8-15/h2-4,7-8,14,16-17,22H,5-6,9-13,19H2,1H3. The molecule has 0 spiro atoms. The summed E-state index contributed by atoms with van der Waals surface area (Å²) in [5.74, 6) is 0.176. The maximum absolute atomic E-state index is 12.5. The fourth-order valence-corrected chi connectivity index (χ4v) is 3.47. The first-order chi connectivity index (χ1) is 10.6. The van der Waals surface area contributed by atoms with E-state index in [9.17, 15) is 4.79 Å². The predicted octanol–water partition coefficient (Wildman–Crippen LogP) is 2.69. The third-order valence-corrected chi connectivity index (χ3v) is 4.63. The topological polar surface area (TPSA) is 46.3 Å². The van der Waals surface area contributed by atoms with Crippen LogP contribution in [0, 0.1) is 0 Å². The van der Waals surface area contributed by atoms with Crippen LogP contribution in [0.2, 0.25) is 0 Å². The van der Waals surface area contributed by atoms with Crippen LogP contribution in [0.1, 0.15) is 38.2 Å². The van der Waals surface area contributed by atoms with Gasteiger partial charge in [-0.2, -0.15) is 12.6 Å². The molecule has 1 aliphatic heterocycles. The normalized spacial score (nSPS) is 19.8. The fraction of sp³-hybridized carbons (Fsp3) is 0.611. The molecule has 0 saturated carbocycles. The molecule has 122 valence electrons. The van der Waals surface area contributed by atoms with E-state index in [0.717, 1.165) is 25.1 Å². The Morgan fingerprint density at radius 2 is 1.91 bits per heavy atom. The fourth-order valence-electron chi connectivity index (χ4n) is 3.23. The molecule has 1 aromatic carbocycles. The minimum atomic E-state index is -0.400. The van der Waals surface area contributed by atoms with Gasteiger partial charge in [0.2, 0.25) is 0 Å². The Labute approximate surface area is 139 Å². The average molecular weight is 321 g/mol. The van der Waals surface area contributed by atoms with E-state index >= 15 is 0 Å². The van der Waals surface area contributed by atoms with Gasteiger partial charge in [-0.25, -0.2) is 0 Å². The number of carbonyl (C=O) groups is 1. The minimum Gasteiger partial charge on any atom is -0.321 e. The van der Waals surface area contributed by atoms with Crippen molar-refractivity contribution in [1.29, 1.82) is 0 Å². The maximum Gasteiger partial charge on any atom is 0.151 e. The van der Waals surface area contributed by atoms with Gasteiger partial charge in [0.05, 0.1) is 6.04 Å². The molecule has 3 unspecified atom stereocenters. The number of carbonyl (C=O) groups excluding carboxylic acids is 1. The summed E-state index contributed by atoms with van der Waals surface area (Å²) < 4.78 is 0. The maximum atomic E-state index is 12.5. The molecule has 3 atom stereocenters. The Balaban J connectivity index is 1.91. The molecular formula is C18H28N2OS. The predicted molar refractivity (Wildman–Crippen MR) is 95.4 cm³/mol. The lowest BCUT2D eigenvalue weighted by Gasteiger charge is -2.29. The molecule has 1 heterocycles. The lowest BCUT2D eigenvalue weighted by Crippen LogP contribution is -2.41. The number of hydrogen-bond acceptors (Lipinski definition) is 4. The second kappa shape index (κ2) is 8.70. The smallest absolute Gasteiger partial charge is 0.151 e. The molecule has 1 saturated heterocycles. The average Bonchev–Trinajstić information content (AvgIpc) is 3.01. The van der Waals surface area contributed by atoms with Crippen molar-refractivity contribution in [3.63, 3.8) is 0 Å². The summed E-state index contributed by atoms with van der Waals surface area (Å²) in [7, 11) is 0. The number of Topliss-reactive ketones (excluding diaryl/α,β-unsaturated/α-hetero) is 1. The molecule has 1 aliphatic rings. The van der Waals surface area contributed by atoms with E-state index < -0.39 is 6.04 Å². The largest absolute Gasteiger partial charge is 0.321 e. The first-order valence-electron chi connectivity index (χ1n) is 8.30. The molecule has 1 aromatic rings. The number of ketones is 1. The first kappa shape index (κ1) is 17.5. The summed E-state index contributed by atoms with van der Waals surface area (Å²) in [4.78, 5) is 15.0. The lowest BCUT2D eigenvalue weighted by molar-refractivity contribution is -0.121. The highest BCUT2D eigenvalue weighted by atomic mass is 32.1. The van der Waals surface area contributed by atoms with Crippen LogP contribution in [0.15, 0.2) is 30.3 Å². The molecule has 0 radical (unpaired) electrons. The molecule has 1 fully saturated rings. The Kier molecular flexibility index (Phi) is 6.93. The highest BCUT2D eigenvalue weighted by Crippen LogP contribution is 2.21. The molecule has 0 aromatic heterocycles. The Bertz CT molecular complexity index is 457. The van der Waals surface area contributed by atoms with Crippen molar-refractivity contribution in [3.05, 3.63) is 35.9 Å². The monoisotopic (exact) mass is 320 g/mol.